The molecule has 1 N–H and O–H groups in total. The van der Waals surface area contributed by atoms with Crippen LogP contribution in [0.4, 0.5) is 0 Å². The fourth-order valence-corrected chi connectivity index (χ4v) is 4.85. The summed E-state index contributed by atoms with van der Waals surface area (Å²) in [5, 5.41) is 10.2. The largest absolute Gasteiger partial charge is 0.490 e. The predicted molar refractivity (Wildman–Crippen MR) is 145 cm³/mol. The number of rotatable bonds is 12. The molecule has 0 saturated carbocycles. The number of hydrogen-bond acceptors (Lipinski definition) is 7. The first-order chi connectivity index (χ1) is 14.8. The Hall–Kier alpha value is 0.0700. The van der Waals surface area contributed by atoms with Crippen molar-refractivity contribution >= 4 is 79.7 Å². The van der Waals surface area contributed by atoms with E-state index < -0.39 is 22.9 Å². The number of carbonyl (C=O) groups excluding carboxylic acids is 2. The summed E-state index contributed by atoms with van der Waals surface area (Å²) >= 11 is 6.65. The molecule has 1 fully saturated rings. The lowest BCUT2D eigenvalue weighted by Gasteiger charge is -2.28. The van der Waals surface area contributed by atoms with Gasteiger partial charge in [0.2, 0.25) is 0 Å². The van der Waals surface area contributed by atoms with Crippen LogP contribution in [0.3, 0.4) is 0 Å². The molecule has 0 aromatic heterocycles. The number of hydrogen-bond donors (Lipinski definition) is 1. The molecule has 1 aromatic rings. The predicted octanol–water partition coefficient (Wildman–Crippen LogP) is 4.56. The zero-order valence-corrected chi connectivity index (χ0v) is 25.1. The Bertz CT molecular complexity index is 822. The van der Waals surface area contributed by atoms with Gasteiger partial charge in [-0.15, -0.1) is 0 Å². The van der Waals surface area contributed by atoms with E-state index in [0.29, 0.717) is 25.2 Å². The molecule has 7 nitrogen and oxygen atoms in total. The van der Waals surface area contributed by atoms with Gasteiger partial charge in [0.1, 0.15) is 37.8 Å². The van der Waals surface area contributed by atoms with Crippen molar-refractivity contribution in [2.45, 2.75) is 52.7 Å². The first-order valence-corrected chi connectivity index (χ1v) is 13.5. The smallest absolute Gasteiger partial charge is 0.311 e. The number of carbonyl (C=O) groups is 2. The average Bonchev–Trinajstić information content (AvgIpc) is 3.54. The van der Waals surface area contributed by atoms with E-state index in [4.69, 9.17) is 18.9 Å². The number of aliphatic hydroxyl groups is 1. The Morgan fingerprint density at radius 1 is 1.06 bits per heavy atom. The Labute approximate surface area is 230 Å². The van der Waals surface area contributed by atoms with E-state index in [-0.39, 0.29) is 31.9 Å². The second-order valence-corrected chi connectivity index (χ2v) is 12.6. The van der Waals surface area contributed by atoms with Gasteiger partial charge in [0.25, 0.3) is 0 Å². The van der Waals surface area contributed by atoms with Gasteiger partial charge in [-0.05, 0) is 120 Å². The van der Waals surface area contributed by atoms with Crippen molar-refractivity contribution in [2.24, 2.45) is 10.8 Å². The van der Waals surface area contributed by atoms with Crippen molar-refractivity contribution < 1.29 is 33.6 Å². The summed E-state index contributed by atoms with van der Waals surface area (Å²) < 4.78 is 24.5. The summed E-state index contributed by atoms with van der Waals surface area (Å²) in [7, 11) is 0. The highest BCUT2D eigenvalue weighted by Gasteiger charge is 2.37. The minimum atomic E-state index is -0.947. The number of halogens is 3. The lowest BCUT2D eigenvalue weighted by molar-refractivity contribution is -0.161. The lowest BCUT2D eigenvalue weighted by Crippen LogP contribution is -2.34. The normalized spacial score (nSPS) is 16.9. The standard InChI is InChI=1S/C22H29I3O7/c1-21(2,5-6-22(3,4)20(28)32-12-15-11-29-15)19(27)31-10-14(26)9-30-17-8-13(23)7-16(24)18(17)25/h7-8,14-15,26H,5-6,9-12H2,1-4H3. The molecule has 32 heavy (non-hydrogen) atoms. The number of ether oxygens (including phenoxy) is 4. The van der Waals surface area contributed by atoms with Gasteiger partial charge >= 0.3 is 11.9 Å². The van der Waals surface area contributed by atoms with Crippen molar-refractivity contribution in [2.75, 3.05) is 26.4 Å². The van der Waals surface area contributed by atoms with Crippen molar-refractivity contribution in [3.63, 3.8) is 0 Å². The van der Waals surface area contributed by atoms with Gasteiger partial charge in [0.05, 0.1) is 21.0 Å². The topological polar surface area (TPSA) is 94.6 Å². The molecule has 2 atom stereocenters. The van der Waals surface area contributed by atoms with Crippen LogP contribution in [-0.4, -0.2) is 55.7 Å². The molecule has 0 aliphatic carbocycles. The number of benzene rings is 1. The maximum absolute atomic E-state index is 12.6. The maximum atomic E-state index is 12.6. The quantitative estimate of drug-likeness (QED) is 0.144. The van der Waals surface area contributed by atoms with E-state index in [0.717, 1.165) is 10.7 Å². The van der Waals surface area contributed by atoms with E-state index in [2.05, 4.69) is 67.8 Å². The van der Waals surface area contributed by atoms with Crippen molar-refractivity contribution in [3.05, 3.63) is 22.8 Å². The summed E-state index contributed by atoms with van der Waals surface area (Å²) in [5.74, 6) is -0.0370. The number of esters is 2. The molecule has 2 rings (SSSR count). The summed E-state index contributed by atoms with van der Waals surface area (Å²) in [6, 6.07) is 3.94. The fourth-order valence-electron chi connectivity index (χ4n) is 2.60. The fraction of sp³-hybridized carbons (Fsp3) is 0.636. The van der Waals surface area contributed by atoms with Crippen LogP contribution in [0.25, 0.3) is 0 Å². The van der Waals surface area contributed by atoms with Gasteiger partial charge in [-0.25, -0.2) is 0 Å². The van der Waals surface area contributed by atoms with Crippen molar-refractivity contribution in [1.82, 2.24) is 0 Å². The second kappa shape index (κ2) is 12.2. The summed E-state index contributed by atoms with van der Waals surface area (Å²) in [6.45, 7) is 7.91. The molecule has 1 aliphatic heterocycles. The molecular weight excluding hydrogens is 757 g/mol. The molecule has 0 amide bonds. The third-order valence-electron chi connectivity index (χ3n) is 5.08. The third kappa shape index (κ3) is 9.02. The zero-order chi connectivity index (χ0) is 24.1. The van der Waals surface area contributed by atoms with Crippen LogP contribution >= 0.6 is 67.8 Å². The van der Waals surface area contributed by atoms with Gasteiger partial charge < -0.3 is 24.1 Å². The minimum Gasteiger partial charge on any atom is -0.490 e. The minimum absolute atomic E-state index is 0.0173. The van der Waals surface area contributed by atoms with E-state index >= 15 is 0 Å². The monoisotopic (exact) mass is 786 g/mol. The van der Waals surface area contributed by atoms with Crippen LogP contribution in [-0.2, 0) is 23.8 Å². The van der Waals surface area contributed by atoms with E-state index in [1.807, 2.05) is 12.1 Å². The van der Waals surface area contributed by atoms with Gasteiger partial charge in [0.15, 0.2) is 0 Å². The Morgan fingerprint density at radius 2 is 1.62 bits per heavy atom. The molecule has 0 bridgehead atoms. The summed E-state index contributed by atoms with van der Waals surface area (Å²) in [6.07, 6.45) is -0.0136. The molecule has 1 aromatic carbocycles. The molecule has 1 aliphatic rings. The van der Waals surface area contributed by atoms with Gasteiger partial charge in [-0.3, -0.25) is 9.59 Å². The zero-order valence-electron chi connectivity index (χ0n) is 18.6. The lowest BCUT2D eigenvalue weighted by atomic mass is 9.79. The molecule has 1 saturated heterocycles. The van der Waals surface area contributed by atoms with Crippen LogP contribution in [0.1, 0.15) is 40.5 Å². The molecule has 2 unspecified atom stereocenters. The van der Waals surface area contributed by atoms with Gasteiger partial charge in [-0.2, -0.15) is 0 Å². The average molecular weight is 786 g/mol. The van der Waals surface area contributed by atoms with E-state index in [1.165, 1.54) is 0 Å². The van der Waals surface area contributed by atoms with Crippen LogP contribution in [0.2, 0.25) is 0 Å². The molecule has 0 radical (unpaired) electrons. The van der Waals surface area contributed by atoms with E-state index in [1.54, 1.807) is 27.7 Å². The first kappa shape index (κ1) is 28.3. The Morgan fingerprint density at radius 3 is 2.19 bits per heavy atom. The van der Waals surface area contributed by atoms with Crippen molar-refractivity contribution in [1.29, 1.82) is 0 Å². The second-order valence-electron chi connectivity index (χ2n) is 9.08. The first-order valence-electron chi connectivity index (χ1n) is 10.2. The molecule has 0 spiro atoms. The third-order valence-corrected chi connectivity index (χ3v) is 8.70. The molecule has 10 heteroatoms. The summed E-state index contributed by atoms with van der Waals surface area (Å²) in [5.41, 5.74) is -1.53. The Kier molecular flexibility index (Phi) is 10.8. The van der Waals surface area contributed by atoms with Gasteiger partial charge in [-0.1, -0.05) is 0 Å². The van der Waals surface area contributed by atoms with Gasteiger partial charge in [0, 0.05) is 7.14 Å². The molecule has 180 valence electrons. The number of aliphatic hydroxyl groups excluding tert-OH is 1. The van der Waals surface area contributed by atoms with Crippen LogP contribution in [0.5, 0.6) is 5.75 Å². The van der Waals surface area contributed by atoms with Crippen LogP contribution in [0.15, 0.2) is 12.1 Å². The Balaban J connectivity index is 1.77. The number of epoxide rings is 1. The van der Waals surface area contributed by atoms with Crippen molar-refractivity contribution in [3.8, 4) is 5.75 Å². The molecular formula is C22H29I3O7. The van der Waals surface area contributed by atoms with Crippen LogP contribution < -0.4 is 4.74 Å². The highest BCUT2D eigenvalue weighted by molar-refractivity contribution is 14.1. The van der Waals surface area contributed by atoms with E-state index in [9.17, 15) is 14.7 Å². The van der Waals surface area contributed by atoms with Crippen LogP contribution in [0, 0.1) is 21.5 Å². The maximum Gasteiger partial charge on any atom is 0.311 e. The highest BCUT2D eigenvalue weighted by Crippen LogP contribution is 2.33. The molecule has 1 heterocycles. The SMILES string of the molecule is CC(C)(CCC(C)(C)C(=O)OCC1CO1)C(=O)OCC(O)COc1cc(I)cc(I)c1I. The highest BCUT2D eigenvalue weighted by atomic mass is 127. The summed E-state index contributed by atoms with van der Waals surface area (Å²) in [4.78, 5) is 24.9.